The first-order chi connectivity index (χ1) is 9.49. The van der Waals surface area contributed by atoms with Crippen LogP contribution < -0.4 is 5.32 Å². The predicted molar refractivity (Wildman–Crippen MR) is 85.3 cm³/mol. The average molecular weight is 279 g/mol. The zero-order chi connectivity index (χ0) is 15.0. The number of ether oxygens (including phenoxy) is 2. The summed E-state index contributed by atoms with van der Waals surface area (Å²) in [5.41, 5.74) is 2.68. The van der Waals surface area contributed by atoms with Crippen LogP contribution in [0.2, 0.25) is 0 Å². The van der Waals surface area contributed by atoms with E-state index in [1.165, 1.54) is 11.3 Å². The number of hydrogen-bond donors (Lipinski definition) is 1. The van der Waals surface area contributed by atoms with Crippen molar-refractivity contribution in [3.63, 3.8) is 0 Å². The van der Waals surface area contributed by atoms with E-state index in [2.05, 4.69) is 50.4 Å². The Hall–Kier alpha value is -1.06. The summed E-state index contributed by atoms with van der Waals surface area (Å²) in [5.74, 6) is 0. The fourth-order valence-corrected chi connectivity index (χ4v) is 2.20. The van der Waals surface area contributed by atoms with Crippen molar-refractivity contribution >= 4 is 5.69 Å². The maximum atomic E-state index is 5.56. The molecular weight excluding hydrogens is 250 g/mol. The van der Waals surface area contributed by atoms with Crippen LogP contribution in [-0.4, -0.2) is 26.0 Å². The van der Waals surface area contributed by atoms with Gasteiger partial charge in [-0.25, -0.2) is 0 Å². The van der Waals surface area contributed by atoms with Gasteiger partial charge in [-0.05, 0) is 30.9 Å². The van der Waals surface area contributed by atoms with Crippen LogP contribution in [0.1, 0.15) is 46.6 Å². The average Bonchev–Trinajstić information content (AvgIpc) is 2.38. The lowest BCUT2D eigenvalue weighted by molar-refractivity contribution is -0.137. The molecule has 0 saturated heterocycles. The fourth-order valence-electron chi connectivity index (χ4n) is 2.20. The Morgan fingerprint density at radius 3 is 2.20 bits per heavy atom. The quantitative estimate of drug-likeness (QED) is 0.724. The van der Waals surface area contributed by atoms with E-state index in [9.17, 15) is 0 Å². The number of hydrogen-bond acceptors (Lipinski definition) is 3. The Morgan fingerprint density at radius 2 is 1.65 bits per heavy atom. The van der Waals surface area contributed by atoms with Gasteiger partial charge >= 0.3 is 0 Å². The number of benzene rings is 1. The summed E-state index contributed by atoms with van der Waals surface area (Å²) in [6.45, 7) is 12.9. The van der Waals surface area contributed by atoms with Crippen molar-refractivity contribution in [1.29, 1.82) is 0 Å². The summed E-state index contributed by atoms with van der Waals surface area (Å²) in [4.78, 5) is 0. The van der Waals surface area contributed by atoms with Gasteiger partial charge in [0.05, 0.1) is 0 Å². The molecular formula is C17H29NO2. The molecule has 0 aliphatic rings. The lowest BCUT2D eigenvalue weighted by Crippen LogP contribution is -2.22. The highest BCUT2D eigenvalue weighted by atomic mass is 16.7. The highest BCUT2D eigenvalue weighted by Gasteiger charge is 2.17. The van der Waals surface area contributed by atoms with Gasteiger partial charge in [-0.15, -0.1) is 0 Å². The number of anilines is 1. The second kappa shape index (κ2) is 8.28. The SMILES string of the molecule is CCOC(CCNc1ccccc1C(C)(C)C)OCC. The summed E-state index contributed by atoms with van der Waals surface area (Å²) in [5, 5.41) is 3.51. The molecule has 20 heavy (non-hydrogen) atoms. The second-order valence-corrected chi connectivity index (χ2v) is 5.85. The fraction of sp³-hybridized carbons (Fsp3) is 0.647. The Kier molecular flexibility index (Phi) is 7.03. The first-order valence-corrected chi connectivity index (χ1v) is 7.55. The molecule has 0 bridgehead atoms. The maximum Gasteiger partial charge on any atom is 0.159 e. The van der Waals surface area contributed by atoms with Crippen LogP contribution in [0.25, 0.3) is 0 Å². The van der Waals surface area contributed by atoms with Crippen molar-refractivity contribution < 1.29 is 9.47 Å². The molecule has 0 atom stereocenters. The summed E-state index contributed by atoms with van der Waals surface area (Å²) in [6, 6.07) is 8.48. The van der Waals surface area contributed by atoms with E-state index in [0.717, 1.165) is 13.0 Å². The minimum atomic E-state index is -0.112. The number of nitrogens with one attached hydrogen (secondary N) is 1. The molecule has 0 aliphatic heterocycles. The highest BCUT2D eigenvalue weighted by molar-refractivity contribution is 5.54. The summed E-state index contributed by atoms with van der Waals surface area (Å²) in [7, 11) is 0. The molecule has 114 valence electrons. The van der Waals surface area contributed by atoms with E-state index < -0.39 is 0 Å². The van der Waals surface area contributed by atoms with Crippen LogP contribution >= 0.6 is 0 Å². The normalized spacial score (nSPS) is 11.9. The van der Waals surface area contributed by atoms with Gasteiger partial charge in [0.25, 0.3) is 0 Å². The minimum absolute atomic E-state index is 0.112. The van der Waals surface area contributed by atoms with E-state index >= 15 is 0 Å². The van der Waals surface area contributed by atoms with Crippen LogP contribution in [0, 0.1) is 0 Å². The minimum Gasteiger partial charge on any atom is -0.385 e. The van der Waals surface area contributed by atoms with Gasteiger partial charge in [-0.1, -0.05) is 39.0 Å². The number of para-hydroxylation sites is 1. The molecule has 1 rings (SSSR count). The summed E-state index contributed by atoms with van der Waals surface area (Å²) < 4.78 is 11.1. The van der Waals surface area contributed by atoms with Crippen molar-refractivity contribution in [3.8, 4) is 0 Å². The number of rotatable bonds is 8. The van der Waals surface area contributed by atoms with Gasteiger partial charge in [0.2, 0.25) is 0 Å². The van der Waals surface area contributed by atoms with Gasteiger partial charge in [0, 0.05) is 31.9 Å². The van der Waals surface area contributed by atoms with Gasteiger partial charge in [0.15, 0.2) is 6.29 Å². The molecule has 0 aliphatic carbocycles. The first kappa shape index (κ1) is 17.0. The molecule has 1 N–H and O–H groups in total. The van der Waals surface area contributed by atoms with Crippen molar-refractivity contribution in [3.05, 3.63) is 29.8 Å². The predicted octanol–water partition coefficient (Wildman–Crippen LogP) is 4.19. The molecule has 0 aromatic heterocycles. The third kappa shape index (κ3) is 5.51. The van der Waals surface area contributed by atoms with E-state index in [-0.39, 0.29) is 11.7 Å². The van der Waals surface area contributed by atoms with Crippen LogP contribution in [0.3, 0.4) is 0 Å². The van der Waals surface area contributed by atoms with E-state index in [4.69, 9.17) is 9.47 Å². The summed E-state index contributed by atoms with van der Waals surface area (Å²) in [6.07, 6.45) is 0.736. The molecule has 0 fully saturated rings. The van der Waals surface area contributed by atoms with Crippen LogP contribution in [0.15, 0.2) is 24.3 Å². The van der Waals surface area contributed by atoms with Crippen molar-refractivity contribution in [2.45, 2.75) is 52.7 Å². The molecule has 0 radical (unpaired) electrons. The zero-order valence-corrected chi connectivity index (χ0v) is 13.5. The van der Waals surface area contributed by atoms with E-state index in [0.29, 0.717) is 13.2 Å². The van der Waals surface area contributed by atoms with Gasteiger partial charge in [0.1, 0.15) is 0 Å². The maximum absolute atomic E-state index is 5.56. The molecule has 0 spiro atoms. The molecule has 0 saturated carbocycles. The Bertz CT molecular complexity index is 379. The second-order valence-electron chi connectivity index (χ2n) is 5.85. The van der Waals surface area contributed by atoms with Crippen LogP contribution in [0.4, 0.5) is 5.69 Å². The van der Waals surface area contributed by atoms with Gasteiger partial charge < -0.3 is 14.8 Å². The van der Waals surface area contributed by atoms with Crippen molar-refractivity contribution in [2.75, 3.05) is 25.1 Å². The molecule has 1 aromatic carbocycles. The van der Waals surface area contributed by atoms with E-state index in [1.807, 2.05) is 13.8 Å². The third-order valence-electron chi connectivity index (χ3n) is 3.14. The van der Waals surface area contributed by atoms with E-state index in [1.54, 1.807) is 0 Å². The molecule has 3 nitrogen and oxygen atoms in total. The van der Waals surface area contributed by atoms with Crippen LogP contribution in [0.5, 0.6) is 0 Å². The standard InChI is InChI=1S/C17H29NO2/c1-6-19-16(20-7-2)12-13-18-15-11-9-8-10-14(15)17(3,4)5/h8-11,16,18H,6-7,12-13H2,1-5H3. The molecule has 0 heterocycles. The van der Waals surface area contributed by atoms with Gasteiger partial charge in [-0.3, -0.25) is 0 Å². The monoisotopic (exact) mass is 279 g/mol. The topological polar surface area (TPSA) is 30.5 Å². The third-order valence-corrected chi connectivity index (χ3v) is 3.14. The van der Waals surface area contributed by atoms with Crippen LogP contribution in [-0.2, 0) is 14.9 Å². The molecule has 3 heteroatoms. The zero-order valence-electron chi connectivity index (χ0n) is 13.5. The van der Waals surface area contributed by atoms with Gasteiger partial charge in [-0.2, -0.15) is 0 Å². The molecule has 0 unspecified atom stereocenters. The Morgan fingerprint density at radius 1 is 1.05 bits per heavy atom. The Balaban J connectivity index is 2.57. The molecule has 0 amide bonds. The molecule has 1 aromatic rings. The Labute approximate surface area is 123 Å². The van der Waals surface area contributed by atoms with Crippen molar-refractivity contribution in [2.24, 2.45) is 0 Å². The largest absolute Gasteiger partial charge is 0.385 e. The summed E-state index contributed by atoms with van der Waals surface area (Å²) >= 11 is 0. The smallest absolute Gasteiger partial charge is 0.159 e. The lowest BCUT2D eigenvalue weighted by Gasteiger charge is -2.24. The highest BCUT2D eigenvalue weighted by Crippen LogP contribution is 2.29. The lowest BCUT2D eigenvalue weighted by atomic mass is 9.86. The van der Waals surface area contributed by atoms with Crippen molar-refractivity contribution in [1.82, 2.24) is 0 Å². The first-order valence-electron chi connectivity index (χ1n) is 7.55.